The molecule has 4 heteroatoms. The van der Waals surface area contributed by atoms with Gasteiger partial charge in [0.25, 0.3) is 0 Å². The minimum atomic E-state index is -0.520. The van der Waals surface area contributed by atoms with Crippen molar-refractivity contribution in [3.8, 4) is 11.5 Å². The first-order chi connectivity index (χ1) is 7.17. The van der Waals surface area contributed by atoms with Crippen molar-refractivity contribution in [2.45, 2.75) is 0 Å². The van der Waals surface area contributed by atoms with E-state index in [1.54, 1.807) is 38.5 Å². The number of carbonyl (C=O) groups excluding carboxylic acids is 1. The molecule has 80 valence electrons. The summed E-state index contributed by atoms with van der Waals surface area (Å²) < 4.78 is 10.2. The van der Waals surface area contributed by atoms with Crippen LogP contribution in [0.4, 0.5) is 0 Å². The number of carbonyl (C=O) groups is 1. The van der Waals surface area contributed by atoms with Crippen LogP contribution in [-0.2, 0) is 4.79 Å². The summed E-state index contributed by atoms with van der Waals surface area (Å²) in [5.74, 6) is 1.32. The molecule has 0 heterocycles. The highest BCUT2D eigenvalue weighted by Gasteiger charge is 2.01. The zero-order chi connectivity index (χ0) is 11.3. The van der Waals surface area contributed by atoms with Gasteiger partial charge in [0, 0.05) is 11.6 Å². The fraction of sp³-hybridized carbons (Fsp3) is 0.182. The molecule has 15 heavy (non-hydrogen) atoms. The molecule has 0 fully saturated rings. The van der Waals surface area contributed by atoms with Crippen LogP contribution >= 0.6 is 11.6 Å². The monoisotopic (exact) mass is 226 g/mol. The largest absolute Gasteiger partial charge is 0.497 e. The predicted molar refractivity (Wildman–Crippen MR) is 59.4 cm³/mol. The van der Waals surface area contributed by atoms with Crippen LogP contribution in [-0.4, -0.2) is 19.5 Å². The Labute approximate surface area is 93.3 Å². The van der Waals surface area contributed by atoms with Crippen molar-refractivity contribution in [2.24, 2.45) is 0 Å². The van der Waals surface area contributed by atoms with Crippen LogP contribution in [0.5, 0.6) is 11.5 Å². The lowest BCUT2D eigenvalue weighted by Gasteiger charge is -2.06. The fourth-order valence-electron chi connectivity index (χ4n) is 1.11. The van der Waals surface area contributed by atoms with E-state index < -0.39 is 5.24 Å². The number of methoxy groups -OCH3 is 2. The summed E-state index contributed by atoms with van der Waals surface area (Å²) in [6, 6.07) is 5.30. The highest BCUT2D eigenvalue weighted by atomic mass is 35.5. The second-order valence-corrected chi connectivity index (χ2v) is 3.12. The summed E-state index contributed by atoms with van der Waals surface area (Å²) in [5.41, 5.74) is 0.771. The van der Waals surface area contributed by atoms with Crippen LogP contribution < -0.4 is 9.47 Å². The zero-order valence-corrected chi connectivity index (χ0v) is 9.25. The third kappa shape index (κ3) is 3.29. The Kier molecular flexibility index (Phi) is 4.18. The second kappa shape index (κ2) is 5.41. The number of hydrogen-bond donors (Lipinski definition) is 0. The molecule has 0 aliphatic carbocycles. The van der Waals surface area contributed by atoms with Gasteiger partial charge in [0.1, 0.15) is 11.5 Å². The Hall–Kier alpha value is -1.48. The standard InChI is InChI=1S/C11H11ClO3/c1-14-9-5-3-8(4-6-11(12)13)10(7-9)15-2/h3-7H,1-2H3/b6-4+. The lowest BCUT2D eigenvalue weighted by atomic mass is 10.2. The summed E-state index contributed by atoms with van der Waals surface area (Å²) in [4.78, 5) is 10.6. The van der Waals surface area contributed by atoms with E-state index in [1.807, 2.05) is 0 Å². The van der Waals surface area contributed by atoms with Crippen LogP contribution in [0.3, 0.4) is 0 Å². The van der Waals surface area contributed by atoms with Gasteiger partial charge < -0.3 is 9.47 Å². The van der Waals surface area contributed by atoms with Gasteiger partial charge >= 0.3 is 0 Å². The van der Waals surface area contributed by atoms with Gasteiger partial charge in [-0.3, -0.25) is 4.79 Å². The van der Waals surface area contributed by atoms with E-state index in [0.29, 0.717) is 11.5 Å². The maximum atomic E-state index is 10.6. The SMILES string of the molecule is COc1ccc(/C=C/C(=O)Cl)c(OC)c1. The van der Waals surface area contributed by atoms with E-state index >= 15 is 0 Å². The molecule has 0 bridgehead atoms. The third-order valence-corrected chi connectivity index (χ3v) is 1.96. The van der Waals surface area contributed by atoms with Crippen LogP contribution in [0, 0.1) is 0 Å². The van der Waals surface area contributed by atoms with Crippen molar-refractivity contribution in [3.63, 3.8) is 0 Å². The van der Waals surface area contributed by atoms with Gasteiger partial charge in [-0.1, -0.05) is 0 Å². The molecule has 0 saturated carbocycles. The number of halogens is 1. The molecule has 0 spiro atoms. The zero-order valence-electron chi connectivity index (χ0n) is 8.49. The van der Waals surface area contributed by atoms with Crippen molar-refractivity contribution in [1.29, 1.82) is 0 Å². The molecule has 1 aromatic rings. The van der Waals surface area contributed by atoms with Crippen LogP contribution in [0.1, 0.15) is 5.56 Å². The van der Waals surface area contributed by atoms with Crippen molar-refractivity contribution < 1.29 is 14.3 Å². The molecule has 0 radical (unpaired) electrons. The van der Waals surface area contributed by atoms with E-state index in [1.165, 1.54) is 6.08 Å². The molecule has 1 rings (SSSR count). The lowest BCUT2D eigenvalue weighted by Crippen LogP contribution is -1.89. The van der Waals surface area contributed by atoms with Gasteiger partial charge in [0.15, 0.2) is 0 Å². The summed E-state index contributed by atoms with van der Waals surface area (Å²) in [6.45, 7) is 0. The normalized spacial score (nSPS) is 10.3. The molecule has 3 nitrogen and oxygen atoms in total. The quantitative estimate of drug-likeness (QED) is 0.585. The summed E-state index contributed by atoms with van der Waals surface area (Å²) in [7, 11) is 3.13. The first-order valence-corrected chi connectivity index (χ1v) is 4.64. The van der Waals surface area contributed by atoms with Gasteiger partial charge in [-0.15, -0.1) is 0 Å². The topological polar surface area (TPSA) is 35.5 Å². The van der Waals surface area contributed by atoms with E-state index in [2.05, 4.69) is 0 Å². The number of benzene rings is 1. The minimum Gasteiger partial charge on any atom is -0.497 e. The van der Waals surface area contributed by atoms with Crippen molar-refractivity contribution in [2.75, 3.05) is 14.2 Å². The van der Waals surface area contributed by atoms with Gasteiger partial charge in [-0.05, 0) is 35.9 Å². The molecule has 0 amide bonds. The van der Waals surface area contributed by atoms with Gasteiger partial charge in [-0.2, -0.15) is 0 Å². The van der Waals surface area contributed by atoms with E-state index in [-0.39, 0.29) is 0 Å². The van der Waals surface area contributed by atoms with E-state index in [4.69, 9.17) is 21.1 Å². The van der Waals surface area contributed by atoms with Crippen molar-refractivity contribution in [1.82, 2.24) is 0 Å². The molecule has 0 unspecified atom stereocenters. The lowest BCUT2D eigenvalue weighted by molar-refractivity contribution is -0.107. The Bertz CT molecular complexity index is 385. The third-order valence-electron chi connectivity index (χ3n) is 1.83. The van der Waals surface area contributed by atoms with Gasteiger partial charge in [0.05, 0.1) is 14.2 Å². The number of hydrogen-bond acceptors (Lipinski definition) is 3. The molecule has 0 N–H and O–H groups in total. The number of rotatable bonds is 4. The first-order valence-electron chi connectivity index (χ1n) is 4.27. The summed E-state index contributed by atoms with van der Waals surface area (Å²) in [5, 5.41) is -0.520. The average molecular weight is 227 g/mol. The Balaban J connectivity index is 3.02. The minimum absolute atomic E-state index is 0.520. The van der Waals surface area contributed by atoms with Crippen LogP contribution in [0.25, 0.3) is 6.08 Å². The molecular weight excluding hydrogens is 216 g/mol. The number of ether oxygens (including phenoxy) is 2. The highest BCUT2D eigenvalue weighted by Crippen LogP contribution is 2.25. The average Bonchev–Trinajstić information content (AvgIpc) is 2.25. The maximum Gasteiger partial charge on any atom is 0.245 e. The highest BCUT2D eigenvalue weighted by molar-refractivity contribution is 6.66. The predicted octanol–water partition coefficient (Wildman–Crippen LogP) is 2.48. The molecule has 0 aliphatic heterocycles. The van der Waals surface area contributed by atoms with Crippen molar-refractivity contribution >= 4 is 22.9 Å². The van der Waals surface area contributed by atoms with E-state index in [0.717, 1.165) is 5.56 Å². The Morgan fingerprint density at radius 2 is 2.07 bits per heavy atom. The Morgan fingerprint density at radius 3 is 2.60 bits per heavy atom. The molecule has 0 saturated heterocycles. The van der Waals surface area contributed by atoms with Gasteiger partial charge in [-0.25, -0.2) is 0 Å². The fourth-order valence-corrected chi connectivity index (χ4v) is 1.17. The van der Waals surface area contributed by atoms with Crippen molar-refractivity contribution in [3.05, 3.63) is 29.8 Å². The molecule has 1 aromatic carbocycles. The van der Waals surface area contributed by atoms with E-state index in [9.17, 15) is 4.79 Å². The number of allylic oxidation sites excluding steroid dienone is 1. The summed E-state index contributed by atoms with van der Waals surface area (Å²) in [6.07, 6.45) is 2.86. The smallest absolute Gasteiger partial charge is 0.245 e. The first kappa shape index (κ1) is 11.6. The van der Waals surface area contributed by atoms with Crippen LogP contribution in [0.2, 0.25) is 0 Å². The molecule has 0 aliphatic rings. The summed E-state index contributed by atoms with van der Waals surface area (Å²) >= 11 is 5.19. The second-order valence-electron chi connectivity index (χ2n) is 2.75. The molecular formula is C11H11ClO3. The maximum absolute atomic E-state index is 10.6. The molecule has 0 atom stereocenters. The van der Waals surface area contributed by atoms with Crippen LogP contribution in [0.15, 0.2) is 24.3 Å². The Morgan fingerprint density at radius 1 is 1.33 bits per heavy atom. The van der Waals surface area contributed by atoms with Gasteiger partial charge in [0.2, 0.25) is 5.24 Å². The molecule has 0 aromatic heterocycles.